The quantitative estimate of drug-likeness (QED) is 0.687. The number of ether oxygens (including phenoxy) is 3. The van der Waals surface area contributed by atoms with Crippen LogP contribution in [0.5, 0.6) is 11.5 Å². The molecule has 2 aromatic rings. The van der Waals surface area contributed by atoms with Crippen molar-refractivity contribution in [3.05, 3.63) is 63.7 Å². The minimum Gasteiger partial charge on any atom is -0.454 e. The topological polar surface area (TPSA) is 87.4 Å². The van der Waals surface area contributed by atoms with Gasteiger partial charge in [-0.25, -0.2) is 0 Å². The second-order valence-corrected chi connectivity index (χ2v) is 5.48. The summed E-state index contributed by atoms with van der Waals surface area (Å²) >= 11 is 0. The molecular weight excluding hydrogens is 300 g/mol. The number of rotatable bonds is 3. The molecule has 2 aliphatic rings. The first-order chi connectivity index (χ1) is 11.2. The molecule has 0 bridgehead atoms. The second-order valence-electron chi connectivity index (χ2n) is 5.48. The summed E-state index contributed by atoms with van der Waals surface area (Å²) in [7, 11) is 0. The van der Waals surface area contributed by atoms with Crippen LogP contribution in [0.2, 0.25) is 0 Å². The van der Waals surface area contributed by atoms with Gasteiger partial charge in [-0.05, 0) is 35.9 Å². The number of non-ortho nitro benzene ring substituents is 1. The minimum atomic E-state index is -0.402. The first-order valence-corrected chi connectivity index (χ1v) is 7.33. The van der Waals surface area contributed by atoms with Crippen LogP contribution >= 0.6 is 0 Å². The van der Waals surface area contributed by atoms with Gasteiger partial charge in [0, 0.05) is 17.7 Å². The van der Waals surface area contributed by atoms with Crippen LogP contribution < -0.4 is 14.8 Å². The molecule has 0 spiro atoms. The fourth-order valence-corrected chi connectivity index (χ4v) is 2.87. The maximum atomic E-state index is 10.7. The zero-order valence-electron chi connectivity index (χ0n) is 12.2. The molecule has 23 heavy (non-hydrogen) atoms. The third-order valence-electron chi connectivity index (χ3n) is 4.08. The second kappa shape index (κ2) is 5.53. The maximum absolute atomic E-state index is 10.7. The molecule has 7 heteroatoms. The minimum absolute atomic E-state index is 0.0862. The van der Waals surface area contributed by atoms with Crippen LogP contribution in [0.1, 0.15) is 23.5 Å². The highest BCUT2D eigenvalue weighted by atomic mass is 16.7. The Morgan fingerprint density at radius 2 is 1.78 bits per heavy atom. The predicted octanol–water partition coefficient (Wildman–Crippen LogP) is 1.66. The smallest absolute Gasteiger partial charge is 0.269 e. The standard InChI is InChI=1S/C16H14N2O5/c19-18(20)12-4-1-10(2-5-12)15-8-17-16(23-15)11-3-6-13-14(7-11)22-9-21-13/h1-7,15-17H,8-9H2/p+1. The number of hydrogen-bond donors (Lipinski definition) is 1. The molecule has 0 aliphatic carbocycles. The van der Waals surface area contributed by atoms with Gasteiger partial charge in [-0.15, -0.1) is 0 Å². The molecular formula is C16H15N2O5+. The summed E-state index contributed by atoms with van der Waals surface area (Å²) in [6.07, 6.45) is -0.212. The molecule has 2 aromatic carbocycles. The van der Waals surface area contributed by atoms with Gasteiger partial charge in [-0.3, -0.25) is 10.1 Å². The van der Waals surface area contributed by atoms with Crippen molar-refractivity contribution >= 4 is 5.69 Å². The van der Waals surface area contributed by atoms with Crippen LogP contribution in [0.15, 0.2) is 42.5 Å². The van der Waals surface area contributed by atoms with E-state index in [4.69, 9.17) is 14.2 Å². The van der Waals surface area contributed by atoms with Crippen molar-refractivity contribution in [3.63, 3.8) is 0 Å². The van der Waals surface area contributed by atoms with E-state index in [0.717, 1.165) is 29.2 Å². The van der Waals surface area contributed by atoms with Gasteiger partial charge in [-0.1, -0.05) is 0 Å². The molecule has 2 heterocycles. The molecule has 1 saturated heterocycles. The van der Waals surface area contributed by atoms with E-state index in [-0.39, 0.29) is 24.8 Å². The van der Waals surface area contributed by atoms with E-state index < -0.39 is 4.92 Å². The lowest BCUT2D eigenvalue weighted by Crippen LogP contribution is -2.82. The SMILES string of the molecule is O=[N+]([O-])c1ccc(C2C[NH2+]C(c3ccc4c(c3)OCO4)O2)cc1. The molecule has 2 atom stereocenters. The van der Waals surface area contributed by atoms with Crippen LogP contribution in [-0.4, -0.2) is 18.3 Å². The van der Waals surface area contributed by atoms with Crippen LogP contribution in [0.3, 0.4) is 0 Å². The van der Waals surface area contributed by atoms with E-state index in [1.165, 1.54) is 12.1 Å². The Morgan fingerprint density at radius 3 is 2.57 bits per heavy atom. The number of nitro groups is 1. The highest BCUT2D eigenvalue weighted by molar-refractivity contribution is 5.44. The summed E-state index contributed by atoms with van der Waals surface area (Å²) < 4.78 is 16.8. The van der Waals surface area contributed by atoms with Gasteiger partial charge in [0.15, 0.2) is 11.5 Å². The van der Waals surface area contributed by atoms with Crippen LogP contribution in [0.4, 0.5) is 5.69 Å². The summed E-state index contributed by atoms with van der Waals surface area (Å²) in [4.78, 5) is 10.3. The number of hydrogen-bond acceptors (Lipinski definition) is 5. The molecule has 0 aromatic heterocycles. The molecule has 0 amide bonds. The number of nitro benzene ring substituents is 1. The predicted molar refractivity (Wildman–Crippen MR) is 79.0 cm³/mol. The number of fused-ring (bicyclic) bond motifs is 1. The van der Waals surface area contributed by atoms with E-state index in [0.29, 0.717) is 0 Å². The molecule has 0 saturated carbocycles. The molecule has 1 fully saturated rings. The normalized spacial score (nSPS) is 22.3. The largest absolute Gasteiger partial charge is 0.454 e. The van der Waals surface area contributed by atoms with E-state index in [1.807, 2.05) is 18.2 Å². The first kappa shape index (κ1) is 14.0. The molecule has 4 rings (SSSR count). The number of benzene rings is 2. The van der Waals surface area contributed by atoms with Crippen molar-refractivity contribution < 1.29 is 24.5 Å². The van der Waals surface area contributed by atoms with Gasteiger partial charge in [0.1, 0.15) is 12.6 Å². The average Bonchev–Trinajstić information content (AvgIpc) is 3.23. The van der Waals surface area contributed by atoms with Gasteiger partial charge in [-0.2, -0.15) is 0 Å². The summed E-state index contributed by atoms with van der Waals surface area (Å²) in [6.45, 7) is 1.01. The van der Waals surface area contributed by atoms with Crippen molar-refractivity contribution in [3.8, 4) is 11.5 Å². The number of nitrogens with zero attached hydrogens (tertiary/aromatic N) is 1. The third kappa shape index (κ3) is 2.60. The van der Waals surface area contributed by atoms with Gasteiger partial charge in [0.05, 0.1) is 4.92 Å². The fraction of sp³-hybridized carbons (Fsp3) is 0.250. The van der Waals surface area contributed by atoms with Crippen LogP contribution in [0.25, 0.3) is 0 Å². The van der Waals surface area contributed by atoms with E-state index in [2.05, 4.69) is 5.32 Å². The first-order valence-electron chi connectivity index (χ1n) is 7.33. The highest BCUT2D eigenvalue weighted by Crippen LogP contribution is 2.35. The van der Waals surface area contributed by atoms with E-state index in [1.54, 1.807) is 12.1 Å². The van der Waals surface area contributed by atoms with Gasteiger partial charge in [0.2, 0.25) is 13.0 Å². The third-order valence-corrected chi connectivity index (χ3v) is 4.08. The van der Waals surface area contributed by atoms with Crippen LogP contribution in [0, 0.1) is 10.1 Å². The molecule has 2 aliphatic heterocycles. The molecule has 118 valence electrons. The molecule has 2 N–H and O–H groups in total. The Kier molecular flexibility index (Phi) is 3.36. The van der Waals surface area contributed by atoms with Crippen molar-refractivity contribution in [1.82, 2.24) is 0 Å². The fourth-order valence-electron chi connectivity index (χ4n) is 2.87. The number of nitrogens with two attached hydrogens (primary N) is 1. The lowest BCUT2D eigenvalue weighted by atomic mass is 10.1. The van der Waals surface area contributed by atoms with E-state index in [9.17, 15) is 10.1 Å². The Morgan fingerprint density at radius 1 is 1.04 bits per heavy atom. The molecule has 7 nitrogen and oxygen atoms in total. The zero-order valence-corrected chi connectivity index (χ0v) is 12.2. The Bertz CT molecular complexity index is 747. The summed E-state index contributed by atoms with van der Waals surface area (Å²) in [5, 5.41) is 12.8. The monoisotopic (exact) mass is 315 g/mol. The number of quaternary nitrogens is 1. The van der Waals surface area contributed by atoms with Crippen molar-refractivity contribution in [2.45, 2.75) is 12.3 Å². The lowest BCUT2D eigenvalue weighted by molar-refractivity contribution is -0.698. The van der Waals surface area contributed by atoms with Crippen molar-refractivity contribution in [1.29, 1.82) is 0 Å². The average molecular weight is 315 g/mol. The maximum Gasteiger partial charge on any atom is 0.269 e. The Hall–Kier alpha value is -2.64. The Balaban J connectivity index is 1.49. The molecule has 2 unspecified atom stereocenters. The summed E-state index contributed by atoms with van der Waals surface area (Å²) in [5.41, 5.74) is 2.04. The Labute approximate surface area is 131 Å². The lowest BCUT2D eigenvalue weighted by Gasteiger charge is -2.10. The van der Waals surface area contributed by atoms with Crippen molar-refractivity contribution in [2.24, 2.45) is 0 Å². The summed E-state index contributed by atoms with van der Waals surface area (Å²) in [5.74, 6) is 1.48. The summed E-state index contributed by atoms with van der Waals surface area (Å²) in [6, 6.07) is 12.3. The van der Waals surface area contributed by atoms with Gasteiger partial charge in [0.25, 0.3) is 5.69 Å². The van der Waals surface area contributed by atoms with Gasteiger partial charge >= 0.3 is 0 Å². The van der Waals surface area contributed by atoms with Crippen LogP contribution in [-0.2, 0) is 4.74 Å². The highest BCUT2D eigenvalue weighted by Gasteiger charge is 2.32. The van der Waals surface area contributed by atoms with Crippen molar-refractivity contribution in [2.75, 3.05) is 13.3 Å². The zero-order chi connectivity index (χ0) is 15.8. The van der Waals surface area contributed by atoms with E-state index >= 15 is 0 Å². The van der Waals surface area contributed by atoms with Gasteiger partial charge < -0.3 is 19.5 Å². The molecule has 0 radical (unpaired) electrons.